The molecule has 784 valence electrons. The molecule has 1 aliphatic heterocycles. The Hall–Kier alpha value is -11.2. The van der Waals surface area contributed by atoms with E-state index < -0.39 is 0 Å². The molecular weight excluding hydrogens is 1720 g/mol. The highest BCUT2D eigenvalue weighted by molar-refractivity contribution is 5.88. The van der Waals surface area contributed by atoms with Crippen LogP contribution in [0.15, 0.2) is 121 Å². The second-order valence-corrected chi connectivity index (χ2v) is 38.7. The van der Waals surface area contributed by atoms with Gasteiger partial charge in [-0.2, -0.15) is 20.8 Å². The number of nitrogens with zero attached hydrogens (tertiary/aromatic N) is 16. The monoisotopic (exact) mass is 1920 g/mol. The molecule has 0 saturated carbocycles. The van der Waals surface area contributed by atoms with E-state index in [1.54, 1.807) is 77.0 Å². The van der Waals surface area contributed by atoms with Gasteiger partial charge in [-0.05, 0) is 120 Å². The van der Waals surface area contributed by atoms with Crippen LogP contribution < -0.4 is 44.7 Å². The number of amidine groups is 2. The number of aliphatic hydroxyl groups excluding tert-OH is 1. The molecule has 37 heteroatoms. The zero-order valence-electron chi connectivity index (χ0n) is 92.9. The van der Waals surface area contributed by atoms with E-state index in [2.05, 4.69) is 239 Å². The fraction of sp³-hybridized carbons (Fsp3) is 0.707. The zero-order valence-corrected chi connectivity index (χ0v) is 92.9. The maximum atomic E-state index is 11.0. The van der Waals surface area contributed by atoms with Gasteiger partial charge >= 0.3 is 0 Å². The smallest absolute Gasteiger partial charge is 0.247 e. The van der Waals surface area contributed by atoms with Crippen molar-refractivity contribution in [1.82, 2.24) is 102 Å². The van der Waals surface area contributed by atoms with Gasteiger partial charge in [-0.15, -0.1) is 35.7 Å². The largest absolute Gasteiger partial charge is 0.512 e. The van der Waals surface area contributed by atoms with Crippen molar-refractivity contribution in [3.8, 4) is 0 Å². The van der Waals surface area contributed by atoms with Crippen molar-refractivity contribution in [3.63, 3.8) is 0 Å². The molecule has 0 unspecified atom stereocenters. The third kappa shape index (κ3) is 113. The number of nitrogens with one attached hydrogen (secondary N) is 9. The minimum atomic E-state index is -0.241. The van der Waals surface area contributed by atoms with Gasteiger partial charge in [0.1, 0.15) is 12.3 Å². The molecule has 136 heavy (non-hydrogen) atoms. The molecule has 7 aromatic heterocycles. The Balaban J connectivity index is -0.000000155. The van der Waals surface area contributed by atoms with Crippen LogP contribution in [0.4, 0.5) is 0 Å². The van der Waals surface area contributed by atoms with E-state index in [0.717, 1.165) is 53.1 Å². The molecule has 8 rings (SSSR count). The van der Waals surface area contributed by atoms with E-state index in [1.165, 1.54) is 23.5 Å². The summed E-state index contributed by atoms with van der Waals surface area (Å²) in [6.45, 7) is 93.3. The third-order valence-electron chi connectivity index (χ3n) is 14.8. The number of hydrogen-bond acceptors (Lipinski definition) is 24. The van der Waals surface area contributed by atoms with Gasteiger partial charge in [-0.1, -0.05) is 291 Å². The van der Waals surface area contributed by atoms with Crippen LogP contribution in [0.5, 0.6) is 0 Å². The average molecular weight is 1920 g/mol. The first-order valence-electron chi connectivity index (χ1n) is 47.8. The lowest BCUT2D eigenvalue weighted by Crippen LogP contribution is -2.33. The SMILES string of the molecule is CC(C)/C=C(\O)C(C)C.CC(C)C.CC(C)C.CC(C)C(N)=O.CC(C)C(N)=O.CC(C)C1=NN=NC1.CC(C)CC(=O)C(C)C.CC(C)N=C(N)C(C)C.CC(C)N=C(N)C(C)C.CC(C)NC(=O)C(C)C.CC(C)NC(=O)C(C)C.CC(C)c1cnc[nH]1.CC(C)c1cnc[nH]1.CC(C)c1nn[nH]n1.CC(C)c1nn[nH]n1.CC(C)c1nn[nH]n1.O=c1cccc[nH]1.O=c1cccc[nH]1. The Morgan fingerprint density at radius 3 is 0.794 bits per heavy atom. The van der Waals surface area contributed by atoms with Gasteiger partial charge in [0.05, 0.1) is 35.8 Å². The molecule has 0 atom stereocenters. The van der Waals surface area contributed by atoms with E-state index in [1.807, 2.05) is 198 Å². The van der Waals surface area contributed by atoms with Crippen LogP contribution >= 0.6 is 0 Å². The molecule has 8 heterocycles. The van der Waals surface area contributed by atoms with Crippen LogP contribution in [-0.4, -0.2) is 174 Å². The number of hydrogen-bond donors (Lipinski definition) is 14. The number of amides is 4. The molecule has 37 nitrogen and oxygen atoms in total. The lowest BCUT2D eigenvalue weighted by Gasteiger charge is -2.09. The first-order chi connectivity index (χ1) is 62.6. The standard InChI is InChI=1S/2C8H16O.2C7H16N2.2C7H15NO.2C6H10N2.C5H9N3.2C5H5NO.3C4H8N4.2C4H9NO.2C4H10/c2*1-6(2)5-8(9)7(3)4;2*1-5(2)7(8)9-6(3)4;2*1-5(2)7(9)8-6(3)4;2*1-5(2)6-3-7-4-8-6;1-4(2)5-3-6-8-7-5;2*7-5-3-1-2-4-6-5;3*1-3(2)4-5-7-8-6-4;2*1-3(2)4(5)6;2*1-4(2)3/h6-7H,5H2,1-4H3;5-7,9H,1-4H3;2*5-6H,1-4H3,(H2,8,9);2*5-6H,1-4H3,(H,8,9);2*3-5H,1-2H3,(H,7,8);4H,3H2,1-2H3;2*1-4H,(H,6,7);3*3H,1-2H3,(H,5,6,7,8);2*3H,1-2H3,(H2,5,6);2*4H,1-3H3/b;8-5-;;;;;;;;;;;;;;;;. The quantitative estimate of drug-likeness (QED) is 0.0180. The molecule has 0 aromatic carbocycles. The van der Waals surface area contributed by atoms with Crippen molar-refractivity contribution in [2.75, 3.05) is 6.54 Å². The topological polar surface area (TPSA) is 582 Å². The number of carbonyl (C=O) groups is 5. The van der Waals surface area contributed by atoms with Crippen molar-refractivity contribution in [2.24, 2.45) is 125 Å². The Bertz CT molecular complexity index is 3650. The molecule has 0 radical (unpaired) electrons. The number of Topliss-reactive ketones (excluding diaryl/α,β-unsaturated/α-hetero) is 1. The number of tetrazole rings is 3. The van der Waals surface area contributed by atoms with Gasteiger partial charge < -0.3 is 58.6 Å². The summed E-state index contributed by atoms with van der Waals surface area (Å²) in [4.78, 5) is 100. The van der Waals surface area contributed by atoms with Crippen molar-refractivity contribution in [1.29, 1.82) is 0 Å². The van der Waals surface area contributed by atoms with Crippen LogP contribution in [0.25, 0.3) is 0 Å². The van der Waals surface area contributed by atoms with E-state index in [9.17, 15) is 33.6 Å². The molecular formula is C99H195N29O8. The molecule has 4 amide bonds. The van der Waals surface area contributed by atoms with Gasteiger partial charge in [0.25, 0.3) is 0 Å². The molecule has 0 spiro atoms. The summed E-state index contributed by atoms with van der Waals surface area (Å²) < 4.78 is 0. The number of imidazole rings is 2. The molecule has 0 bridgehead atoms. The highest BCUT2D eigenvalue weighted by atomic mass is 16.3. The Kier molecular flexibility index (Phi) is 97.8. The number of primary amides is 2. The number of aliphatic imine (C=N–C) groups is 2. The Labute approximate surface area is 819 Å². The van der Waals surface area contributed by atoms with Crippen molar-refractivity contribution < 1.29 is 29.1 Å². The lowest BCUT2D eigenvalue weighted by atomic mass is 9.99. The summed E-state index contributed by atoms with van der Waals surface area (Å²) in [6.07, 6.45) is 12.9. The molecule has 7 aromatic rings. The number of ketones is 1. The summed E-state index contributed by atoms with van der Waals surface area (Å²) in [7, 11) is 0. The zero-order chi connectivity index (χ0) is 108. The minimum Gasteiger partial charge on any atom is -0.512 e. The number of nitrogens with two attached hydrogens (primary N) is 4. The number of aromatic nitrogens is 18. The second-order valence-electron chi connectivity index (χ2n) is 38.7. The predicted octanol–water partition coefficient (Wildman–Crippen LogP) is 20.0. The number of pyridine rings is 2. The van der Waals surface area contributed by atoms with Gasteiger partial charge in [0.2, 0.25) is 34.7 Å². The number of aromatic amines is 7. The van der Waals surface area contributed by atoms with Crippen molar-refractivity contribution in [2.45, 2.75) is 379 Å². The van der Waals surface area contributed by atoms with Crippen molar-refractivity contribution in [3.05, 3.63) is 135 Å². The molecule has 0 aliphatic carbocycles. The summed E-state index contributed by atoms with van der Waals surface area (Å²) in [5.74, 6) is 11.3. The Morgan fingerprint density at radius 2 is 0.706 bits per heavy atom. The van der Waals surface area contributed by atoms with Crippen LogP contribution in [0.1, 0.15) is 383 Å². The summed E-state index contributed by atoms with van der Waals surface area (Å²) >= 11 is 0. The normalized spacial score (nSPS) is 11.1. The summed E-state index contributed by atoms with van der Waals surface area (Å²) in [6, 6.07) is 11.0. The van der Waals surface area contributed by atoms with Crippen molar-refractivity contribution >= 4 is 46.8 Å². The van der Waals surface area contributed by atoms with E-state index in [0.29, 0.717) is 89.3 Å². The average Bonchev–Trinajstić information content (AvgIpc) is 1.84. The van der Waals surface area contributed by atoms with Crippen LogP contribution in [0.3, 0.4) is 0 Å². The fourth-order valence-corrected chi connectivity index (χ4v) is 6.65. The third-order valence-corrected chi connectivity index (χ3v) is 14.8. The minimum absolute atomic E-state index is 0.00926. The number of H-pyrrole nitrogens is 7. The summed E-state index contributed by atoms with van der Waals surface area (Å²) in [5.41, 5.74) is 24.1. The molecule has 18 N–H and O–H groups in total. The number of aliphatic hydroxyl groups is 1. The Morgan fingerprint density at radius 1 is 0.404 bits per heavy atom. The van der Waals surface area contributed by atoms with Crippen LogP contribution in [0.2, 0.25) is 0 Å². The predicted molar refractivity (Wildman–Crippen MR) is 564 cm³/mol. The maximum Gasteiger partial charge on any atom is 0.247 e. The van der Waals surface area contributed by atoms with Crippen LogP contribution in [-0.2, 0) is 24.0 Å². The van der Waals surface area contributed by atoms with Gasteiger partial charge in [-0.25, -0.2) is 9.97 Å². The van der Waals surface area contributed by atoms with Crippen LogP contribution in [0, 0.1) is 76.9 Å². The lowest BCUT2D eigenvalue weighted by molar-refractivity contribution is -0.125. The molecule has 0 saturated heterocycles. The fourth-order valence-electron chi connectivity index (χ4n) is 6.65. The highest BCUT2D eigenvalue weighted by Crippen LogP contribution is 2.12. The molecule has 0 fully saturated rings. The number of allylic oxidation sites excluding steroid dienone is 2. The first kappa shape index (κ1) is 145. The van der Waals surface area contributed by atoms with E-state index in [4.69, 9.17) is 28.0 Å². The number of rotatable bonds is 21. The van der Waals surface area contributed by atoms with Gasteiger partial charge in [0, 0.05) is 144 Å². The second kappa shape index (κ2) is 91.6. The van der Waals surface area contributed by atoms with E-state index in [-0.39, 0.29) is 82.3 Å². The summed E-state index contributed by atoms with van der Waals surface area (Å²) in [5, 5.41) is 65.8. The first-order valence-corrected chi connectivity index (χ1v) is 47.8. The maximum absolute atomic E-state index is 11.0. The number of carbonyl (C=O) groups excluding carboxylic acids is 5. The molecule has 1 aliphatic rings. The van der Waals surface area contributed by atoms with Gasteiger partial charge in [0.15, 0.2) is 17.5 Å². The highest BCUT2D eigenvalue weighted by Gasteiger charge is 2.12. The van der Waals surface area contributed by atoms with E-state index >= 15 is 0 Å². The van der Waals surface area contributed by atoms with Gasteiger partial charge in [-0.3, -0.25) is 43.5 Å².